The third-order valence-electron chi connectivity index (χ3n) is 2.11. The highest BCUT2D eigenvalue weighted by Gasteiger charge is 2.15. The van der Waals surface area contributed by atoms with E-state index in [4.69, 9.17) is 16.3 Å². The Labute approximate surface area is 97.3 Å². The monoisotopic (exact) mass is 247 g/mol. The molecule has 0 saturated heterocycles. The van der Waals surface area contributed by atoms with E-state index in [1.54, 1.807) is 25.6 Å². The fourth-order valence-corrected chi connectivity index (χ4v) is 2.39. The van der Waals surface area contributed by atoms with E-state index < -0.39 is 10.8 Å². The molecule has 0 fully saturated rings. The molecule has 0 radical (unpaired) electrons. The van der Waals surface area contributed by atoms with Crippen LogP contribution in [0, 0.1) is 0 Å². The number of hydrogen-bond acceptors (Lipinski definition) is 3. The van der Waals surface area contributed by atoms with Gasteiger partial charge >= 0.3 is 0 Å². The van der Waals surface area contributed by atoms with Gasteiger partial charge < -0.3 is 4.74 Å². The van der Waals surface area contributed by atoms with Gasteiger partial charge in [0.2, 0.25) is 0 Å². The maximum absolute atomic E-state index is 11.5. The van der Waals surface area contributed by atoms with Crippen molar-refractivity contribution in [3.8, 4) is 0 Å². The lowest BCUT2D eigenvalue weighted by Crippen LogP contribution is -2.08. The lowest BCUT2D eigenvalue weighted by atomic mass is 10.1. The smallest absolute Gasteiger partial charge is 0.129 e. The fraction of sp³-hybridized carbons (Fsp3) is 0.500. The van der Waals surface area contributed by atoms with Gasteiger partial charge in [0.05, 0.1) is 5.25 Å². The molecular weight excluding hydrogens is 234 g/mol. The first-order valence-corrected chi connectivity index (χ1v) is 6.57. The second kappa shape index (κ2) is 6.20. The molecule has 0 N–H and O–H groups in total. The van der Waals surface area contributed by atoms with Crippen molar-refractivity contribution < 1.29 is 8.95 Å². The number of pyridine rings is 1. The van der Waals surface area contributed by atoms with Gasteiger partial charge in [-0.05, 0) is 18.1 Å². The molecular formula is C10H14ClNO2S. The SMILES string of the molecule is COCCC(c1ccc(Cl)nc1)S(C)=O. The van der Waals surface area contributed by atoms with E-state index in [0.29, 0.717) is 11.8 Å². The number of methoxy groups -OCH3 is 1. The van der Waals surface area contributed by atoms with Gasteiger partial charge in [0.1, 0.15) is 5.15 Å². The number of halogens is 1. The summed E-state index contributed by atoms with van der Waals surface area (Å²) in [5, 5.41) is 0.417. The van der Waals surface area contributed by atoms with Crippen LogP contribution < -0.4 is 0 Å². The highest BCUT2D eigenvalue weighted by molar-refractivity contribution is 7.84. The minimum Gasteiger partial charge on any atom is -0.385 e. The third kappa shape index (κ3) is 3.89. The normalized spacial score (nSPS) is 14.9. The quantitative estimate of drug-likeness (QED) is 0.749. The molecule has 2 unspecified atom stereocenters. The van der Waals surface area contributed by atoms with E-state index in [0.717, 1.165) is 12.0 Å². The Balaban J connectivity index is 2.79. The van der Waals surface area contributed by atoms with Gasteiger partial charge in [-0.15, -0.1) is 0 Å². The van der Waals surface area contributed by atoms with Gasteiger partial charge in [-0.3, -0.25) is 4.21 Å². The fourth-order valence-electron chi connectivity index (χ4n) is 1.33. The molecule has 1 aromatic rings. The molecule has 1 aromatic heterocycles. The Morgan fingerprint density at radius 1 is 1.60 bits per heavy atom. The molecule has 0 aliphatic heterocycles. The van der Waals surface area contributed by atoms with Crippen molar-refractivity contribution in [3.63, 3.8) is 0 Å². The second-order valence-corrected chi connectivity index (χ2v) is 5.14. The van der Waals surface area contributed by atoms with Crippen LogP contribution in [0.4, 0.5) is 0 Å². The molecule has 1 heterocycles. The summed E-state index contributed by atoms with van der Waals surface area (Å²) in [6.07, 6.45) is 4.09. The van der Waals surface area contributed by atoms with Gasteiger partial charge in [-0.1, -0.05) is 17.7 Å². The van der Waals surface area contributed by atoms with Crippen LogP contribution in [0.2, 0.25) is 5.15 Å². The van der Waals surface area contributed by atoms with Crippen LogP contribution in [0.3, 0.4) is 0 Å². The molecule has 0 amide bonds. The summed E-state index contributed by atoms with van der Waals surface area (Å²) in [5.74, 6) is 0. The van der Waals surface area contributed by atoms with E-state index in [9.17, 15) is 4.21 Å². The molecule has 0 aliphatic carbocycles. The summed E-state index contributed by atoms with van der Waals surface area (Å²) in [5.41, 5.74) is 0.942. The van der Waals surface area contributed by atoms with E-state index in [-0.39, 0.29) is 5.25 Å². The maximum atomic E-state index is 11.5. The van der Waals surface area contributed by atoms with Crippen LogP contribution in [0.15, 0.2) is 18.3 Å². The lowest BCUT2D eigenvalue weighted by molar-refractivity contribution is 0.194. The van der Waals surface area contributed by atoms with E-state index in [1.807, 2.05) is 6.07 Å². The Morgan fingerprint density at radius 3 is 2.80 bits per heavy atom. The number of aromatic nitrogens is 1. The van der Waals surface area contributed by atoms with Gasteiger partial charge in [-0.2, -0.15) is 0 Å². The van der Waals surface area contributed by atoms with Crippen LogP contribution in [-0.2, 0) is 15.5 Å². The first-order chi connectivity index (χ1) is 7.15. The Kier molecular flexibility index (Phi) is 5.22. The summed E-state index contributed by atoms with van der Waals surface area (Å²) in [4.78, 5) is 3.98. The third-order valence-corrected chi connectivity index (χ3v) is 3.64. The second-order valence-electron chi connectivity index (χ2n) is 3.18. The summed E-state index contributed by atoms with van der Waals surface area (Å²) in [6.45, 7) is 0.590. The molecule has 1 rings (SSSR count). The van der Waals surface area contributed by atoms with Crippen molar-refractivity contribution in [2.75, 3.05) is 20.0 Å². The van der Waals surface area contributed by atoms with Gasteiger partial charge in [-0.25, -0.2) is 4.98 Å². The molecule has 0 saturated carbocycles. The number of ether oxygens (including phenoxy) is 1. The van der Waals surface area contributed by atoms with Crippen molar-refractivity contribution in [1.82, 2.24) is 4.98 Å². The van der Waals surface area contributed by atoms with E-state index in [1.165, 1.54) is 0 Å². The number of nitrogens with zero attached hydrogens (tertiary/aromatic N) is 1. The lowest BCUT2D eigenvalue weighted by Gasteiger charge is -2.13. The first-order valence-electron chi connectivity index (χ1n) is 4.57. The van der Waals surface area contributed by atoms with Gasteiger partial charge in [0.15, 0.2) is 0 Å². The molecule has 15 heavy (non-hydrogen) atoms. The summed E-state index contributed by atoms with van der Waals surface area (Å²) in [6, 6.07) is 3.57. The largest absolute Gasteiger partial charge is 0.385 e. The molecule has 3 nitrogen and oxygen atoms in total. The minimum absolute atomic E-state index is 0.0327. The zero-order valence-electron chi connectivity index (χ0n) is 8.77. The standard InChI is InChI=1S/C10H14ClNO2S/c1-14-6-5-9(15(2)13)8-3-4-10(11)12-7-8/h3-4,7,9H,5-6H2,1-2H3. The topological polar surface area (TPSA) is 39.2 Å². The molecule has 0 aromatic carbocycles. The molecule has 5 heteroatoms. The zero-order chi connectivity index (χ0) is 11.3. The molecule has 84 valence electrons. The minimum atomic E-state index is -0.926. The molecule has 0 spiro atoms. The predicted octanol–water partition coefficient (Wildman–Crippen LogP) is 2.19. The highest BCUT2D eigenvalue weighted by atomic mass is 35.5. The van der Waals surface area contributed by atoms with Crippen molar-refractivity contribution in [2.24, 2.45) is 0 Å². The summed E-state index contributed by atoms with van der Waals surface area (Å²) in [7, 11) is 0.709. The van der Waals surface area contributed by atoms with Crippen molar-refractivity contribution in [2.45, 2.75) is 11.7 Å². The highest BCUT2D eigenvalue weighted by Crippen LogP contribution is 2.22. The van der Waals surface area contributed by atoms with Crippen LogP contribution >= 0.6 is 11.6 Å². The van der Waals surface area contributed by atoms with Crippen LogP contribution in [0.1, 0.15) is 17.2 Å². The Morgan fingerprint density at radius 2 is 2.33 bits per heavy atom. The summed E-state index contributed by atoms with van der Waals surface area (Å²) < 4.78 is 16.5. The van der Waals surface area contributed by atoms with Crippen molar-refractivity contribution in [1.29, 1.82) is 0 Å². The average Bonchev–Trinajstić information content (AvgIpc) is 2.21. The van der Waals surface area contributed by atoms with Crippen LogP contribution in [0.25, 0.3) is 0 Å². The van der Waals surface area contributed by atoms with E-state index in [2.05, 4.69) is 4.98 Å². The van der Waals surface area contributed by atoms with E-state index >= 15 is 0 Å². The Bertz CT molecular complexity index is 329. The number of hydrogen-bond donors (Lipinski definition) is 0. The Hall–Kier alpha value is -0.450. The zero-order valence-corrected chi connectivity index (χ0v) is 10.3. The number of rotatable bonds is 5. The average molecular weight is 248 g/mol. The molecule has 2 atom stereocenters. The van der Waals surface area contributed by atoms with Crippen LogP contribution in [0.5, 0.6) is 0 Å². The van der Waals surface area contributed by atoms with Gasteiger partial charge in [0.25, 0.3) is 0 Å². The van der Waals surface area contributed by atoms with Crippen molar-refractivity contribution in [3.05, 3.63) is 29.0 Å². The molecule has 0 bridgehead atoms. The summed E-state index contributed by atoms with van der Waals surface area (Å²) >= 11 is 5.69. The predicted molar refractivity (Wildman–Crippen MR) is 62.5 cm³/mol. The van der Waals surface area contributed by atoms with Crippen LogP contribution in [-0.4, -0.2) is 29.2 Å². The maximum Gasteiger partial charge on any atom is 0.129 e. The van der Waals surface area contributed by atoms with Crippen molar-refractivity contribution >= 4 is 22.4 Å². The molecule has 0 aliphatic rings. The first kappa shape index (κ1) is 12.6. The van der Waals surface area contributed by atoms with Gasteiger partial charge in [0, 0.05) is 37.0 Å².